The number of hydrogen-bond acceptors (Lipinski definition) is 4. The lowest BCUT2D eigenvalue weighted by Crippen LogP contribution is -2.10. The van der Waals surface area contributed by atoms with Crippen LogP contribution in [0.3, 0.4) is 0 Å². The van der Waals surface area contributed by atoms with Crippen molar-refractivity contribution in [1.82, 2.24) is 0 Å². The van der Waals surface area contributed by atoms with Crippen LogP contribution < -0.4 is 9.47 Å². The van der Waals surface area contributed by atoms with Crippen LogP contribution in [0.5, 0.6) is 11.5 Å². The molecule has 1 N–H and O–H groups in total. The molecule has 0 spiro atoms. The number of benzene rings is 3. The van der Waals surface area contributed by atoms with Crippen molar-refractivity contribution in [2.24, 2.45) is 0 Å². The normalized spacial score (nSPS) is 11.7. The van der Waals surface area contributed by atoms with Crippen molar-refractivity contribution in [2.45, 2.75) is 20.1 Å². The van der Waals surface area contributed by atoms with E-state index in [1.165, 1.54) is 0 Å². The van der Waals surface area contributed by atoms with Gasteiger partial charge in [-0.25, -0.2) is 4.79 Å². The van der Waals surface area contributed by atoms with E-state index in [4.69, 9.17) is 9.47 Å². The second-order valence-electron chi connectivity index (χ2n) is 6.11. The summed E-state index contributed by atoms with van der Waals surface area (Å²) >= 11 is 0. The Morgan fingerprint density at radius 3 is 1.81 bits per heavy atom. The Labute approximate surface area is 152 Å². The molecule has 0 aromatic heterocycles. The van der Waals surface area contributed by atoms with E-state index in [-0.39, 0.29) is 0 Å². The van der Waals surface area contributed by atoms with Crippen LogP contribution in [0.2, 0.25) is 0 Å². The van der Waals surface area contributed by atoms with Crippen LogP contribution in [0.1, 0.15) is 33.3 Å². The minimum Gasteiger partial charge on any atom is -0.461 e. The Hall–Kier alpha value is -3.11. The van der Waals surface area contributed by atoms with Crippen molar-refractivity contribution in [3.63, 3.8) is 0 Å². The van der Waals surface area contributed by atoms with Crippen molar-refractivity contribution in [3.05, 3.63) is 95.1 Å². The van der Waals surface area contributed by atoms with Gasteiger partial charge in [-0.1, -0.05) is 47.5 Å². The summed E-state index contributed by atoms with van der Waals surface area (Å²) in [4.78, 5) is 12.2. The second-order valence-corrected chi connectivity index (χ2v) is 6.11. The van der Waals surface area contributed by atoms with Crippen LogP contribution in [-0.2, 0) is 0 Å². The molecule has 0 saturated heterocycles. The molecule has 4 heteroatoms. The topological polar surface area (TPSA) is 55.8 Å². The van der Waals surface area contributed by atoms with Crippen LogP contribution in [-0.4, -0.2) is 11.1 Å². The van der Waals surface area contributed by atoms with Crippen molar-refractivity contribution in [3.8, 4) is 11.5 Å². The number of aryl methyl sites for hydroxylation is 2. The van der Waals surface area contributed by atoms with Crippen molar-refractivity contribution in [1.29, 1.82) is 0 Å². The Balaban J connectivity index is 1.64. The van der Waals surface area contributed by atoms with Crippen LogP contribution in [0.4, 0.5) is 0 Å². The van der Waals surface area contributed by atoms with Gasteiger partial charge in [0.2, 0.25) is 6.29 Å². The summed E-state index contributed by atoms with van der Waals surface area (Å²) in [5, 5.41) is 10.2. The van der Waals surface area contributed by atoms with E-state index in [1.54, 1.807) is 48.5 Å². The van der Waals surface area contributed by atoms with Crippen LogP contribution >= 0.6 is 0 Å². The van der Waals surface area contributed by atoms with E-state index in [0.29, 0.717) is 22.6 Å². The molecule has 0 aliphatic carbocycles. The summed E-state index contributed by atoms with van der Waals surface area (Å²) in [6.45, 7) is 3.95. The Kier molecular flexibility index (Phi) is 5.34. The van der Waals surface area contributed by atoms with E-state index in [1.807, 2.05) is 38.1 Å². The van der Waals surface area contributed by atoms with Gasteiger partial charge in [-0.05, 0) is 50.2 Å². The summed E-state index contributed by atoms with van der Waals surface area (Å²) in [5.74, 6) is 0.618. The third-order valence-corrected chi connectivity index (χ3v) is 3.93. The first-order valence-electron chi connectivity index (χ1n) is 8.31. The van der Waals surface area contributed by atoms with Gasteiger partial charge in [0, 0.05) is 5.56 Å². The monoisotopic (exact) mass is 348 g/mol. The van der Waals surface area contributed by atoms with Gasteiger partial charge in [-0.15, -0.1) is 0 Å². The number of aliphatic hydroxyl groups is 1. The molecule has 0 bridgehead atoms. The summed E-state index contributed by atoms with van der Waals surface area (Å²) in [6.07, 6.45) is -1.11. The second kappa shape index (κ2) is 7.85. The molecule has 4 nitrogen and oxygen atoms in total. The van der Waals surface area contributed by atoms with Crippen LogP contribution in [0.15, 0.2) is 72.8 Å². The molecule has 132 valence electrons. The molecule has 0 amide bonds. The molecule has 1 unspecified atom stereocenters. The molecule has 0 saturated carbocycles. The quantitative estimate of drug-likeness (QED) is 0.416. The predicted molar refractivity (Wildman–Crippen MR) is 99.3 cm³/mol. The average Bonchev–Trinajstić information content (AvgIpc) is 2.65. The summed E-state index contributed by atoms with van der Waals surface area (Å²) < 4.78 is 10.8. The van der Waals surface area contributed by atoms with Gasteiger partial charge in [-0.3, -0.25) is 0 Å². The minimum absolute atomic E-state index is 0.400. The highest BCUT2D eigenvalue weighted by Crippen LogP contribution is 2.21. The fourth-order valence-electron chi connectivity index (χ4n) is 2.37. The lowest BCUT2D eigenvalue weighted by Gasteiger charge is -2.14. The first-order valence-corrected chi connectivity index (χ1v) is 8.31. The lowest BCUT2D eigenvalue weighted by molar-refractivity contribution is -0.0194. The first-order chi connectivity index (χ1) is 12.5. The maximum Gasteiger partial charge on any atom is 0.343 e. The number of esters is 1. The smallest absolute Gasteiger partial charge is 0.343 e. The zero-order chi connectivity index (χ0) is 18.5. The van der Waals surface area contributed by atoms with Crippen molar-refractivity contribution >= 4 is 5.97 Å². The van der Waals surface area contributed by atoms with E-state index in [9.17, 15) is 9.90 Å². The Bertz CT molecular complexity index is 866. The Morgan fingerprint density at radius 2 is 1.27 bits per heavy atom. The van der Waals surface area contributed by atoms with Gasteiger partial charge in [0.1, 0.15) is 11.5 Å². The third kappa shape index (κ3) is 4.49. The molecule has 0 fully saturated rings. The lowest BCUT2D eigenvalue weighted by atomic mass is 10.1. The third-order valence-electron chi connectivity index (χ3n) is 3.93. The van der Waals surface area contributed by atoms with Gasteiger partial charge in [0.25, 0.3) is 0 Å². The van der Waals surface area contributed by atoms with E-state index < -0.39 is 12.3 Å². The number of rotatable bonds is 5. The fourth-order valence-corrected chi connectivity index (χ4v) is 2.37. The minimum atomic E-state index is -1.11. The maximum absolute atomic E-state index is 12.2. The molecule has 3 rings (SSSR count). The van der Waals surface area contributed by atoms with Gasteiger partial charge < -0.3 is 14.6 Å². The van der Waals surface area contributed by atoms with E-state index >= 15 is 0 Å². The number of hydrogen-bond donors (Lipinski definition) is 1. The molecule has 0 heterocycles. The highest BCUT2D eigenvalue weighted by Gasteiger charge is 2.12. The standard InChI is InChI=1S/C22H20O4/c1-15-3-11-19(12-4-15)25-21(23)17-7-9-18(10-8-17)22(24)26-20-13-5-16(2)6-14-20/h3-14,21,23H,1-2H3. The van der Waals surface area contributed by atoms with Crippen LogP contribution in [0.25, 0.3) is 0 Å². The molecule has 0 aliphatic rings. The molecule has 0 radical (unpaired) electrons. The van der Waals surface area contributed by atoms with Crippen LogP contribution in [0, 0.1) is 13.8 Å². The fraction of sp³-hybridized carbons (Fsp3) is 0.136. The molecule has 26 heavy (non-hydrogen) atoms. The van der Waals surface area contributed by atoms with E-state index in [0.717, 1.165) is 11.1 Å². The Morgan fingerprint density at radius 1 is 0.769 bits per heavy atom. The molecule has 1 atom stereocenters. The van der Waals surface area contributed by atoms with Gasteiger partial charge in [-0.2, -0.15) is 0 Å². The van der Waals surface area contributed by atoms with Gasteiger partial charge >= 0.3 is 5.97 Å². The van der Waals surface area contributed by atoms with Gasteiger partial charge in [0.05, 0.1) is 5.56 Å². The van der Waals surface area contributed by atoms with Gasteiger partial charge in [0.15, 0.2) is 0 Å². The number of carbonyl (C=O) groups excluding carboxylic acids is 1. The average molecular weight is 348 g/mol. The van der Waals surface area contributed by atoms with Crippen molar-refractivity contribution < 1.29 is 19.4 Å². The number of carbonyl (C=O) groups is 1. The summed E-state index contributed by atoms with van der Waals surface area (Å²) in [7, 11) is 0. The zero-order valence-corrected chi connectivity index (χ0v) is 14.7. The summed E-state index contributed by atoms with van der Waals surface area (Å²) in [6, 6.07) is 21.2. The molecular formula is C22H20O4. The largest absolute Gasteiger partial charge is 0.461 e. The zero-order valence-electron chi connectivity index (χ0n) is 14.7. The first kappa shape index (κ1) is 17.7. The molecular weight excluding hydrogens is 328 g/mol. The SMILES string of the molecule is Cc1ccc(OC(=O)c2ccc(C(O)Oc3ccc(C)cc3)cc2)cc1. The number of ether oxygens (including phenoxy) is 2. The number of aliphatic hydroxyl groups excluding tert-OH is 1. The molecule has 3 aromatic rings. The molecule has 0 aliphatic heterocycles. The molecule has 3 aromatic carbocycles. The highest BCUT2D eigenvalue weighted by atomic mass is 16.6. The summed E-state index contributed by atoms with van der Waals surface area (Å²) in [5.41, 5.74) is 3.16. The predicted octanol–water partition coefficient (Wildman–Crippen LogP) is 4.59. The van der Waals surface area contributed by atoms with Crippen molar-refractivity contribution in [2.75, 3.05) is 0 Å². The van der Waals surface area contributed by atoms with E-state index in [2.05, 4.69) is 0 Å². The maximum atomic E-state index is 12.2. The highest BCUT2D eigenvalue weighted by molar-refractivity contribution is 5.91.